The molecule has 76 valence electrons. The molecule has 3 heteroatoms. The van der Waals surface area contributed by atoms with Crippen LogP contribution in [0.2, 0.25) is 0 Å². The summed E-state index contributed by atoms with van der Waals surface area (Å²) in [4.78, 5) is 4.14. The van der Waals surface area contributed by atoms with Gasteiger partial charge in [0.25, 0.3) is 0 Å². The Morgan fingerprint density at radius 2 is 2.14 bits per heavy atom. The van der Waals surface area contributed by atoms with E-state index in [1.54, 1.807) is 17.0 Å². The van der Waals surface area contributed by atoms with Crippen LogP contribution >= 0.6 is 0 Å². The van der Waals surface area contributed by atoms with Crippen LogP contribution in [-0.2, 0) is 0 Å². The minimum atomic E-state index is 0.533. The Kier molecular flexibility index (Phi) is 3.63. The fourth-order valence-corrected chi connectivity index (χ4v) is 1.02. The number of allylic oxidation sites excluding steroid dienone is 1. The van der Waals surface area contributed by atoms with E-state index in [1.807, 2.05) is 6.08 Å². The van der Waals surface area contributed by atoms with E-state index in [0.29, 0.717) is 11.8 Å². The van der Waals surface area contributed by atoms with Crippen molar-refractivity contribution in [2.24, 2.45) is 11.8 Å². The lowest BCUT2D eigenvalue weighted by Crippen LogP contribution is -2.00. The first kappa shape index (κ1) is 10.7. The Hall–Kier alpha value is -1.38. The topological polar surface area (TPSA) is 41.7 Å². The van der Waals surface area contributed by atoms with Crippen LogP contribution in [0.5, 0.6) is 0 Å². The average Bonchev–Trinajstić information content (AvgIpc) is 2.60. The SMILES string of the molecule is CC(C)C(C)/C=C\c1nccn1C=N. The van der Waals surface area contributed by atoms with Gasteiger partial charge in [-0.05, 0) is 17.9 Å². The fourth-order valence-electron chi connectivity index (χ4n) is 1.02. The number of hydrogen-bond donors (Lipinski definition) is 1. The van der Waals surface area contributed by atoms with E-state index in [2.05, 4.69) is 31.8 Å². The highest BCUT2D eigenvalue weighted by Crippen LogP contribution is 2.12. The van der Waals surface area contributed by atoms with Gasteiger partial charge in [0.15, 0.2) is 0 Å². The zero-order valence-corrected chi connectivity index (χ0v) is 8.94. The maximum atomic E-state index is 7.14. The van der Waals surface area contributed by atoms with Crippen molar-refractivity contribution >= 4 is 12.4 Å². The summed E-state index contributed by atoms with van der Waals surface area (Å²) in [6.07, 6.45) is 8.83. The highest BCUT2D eigenvalue weighted by Gasteiger charge is 2.02. The summed E-state index contributed by atoms with van der Waals surface area (Å²) in [5.41, 5.74) is 0. The third-order valence-electron chi connectivity index (χ3n) is 2.44. The summed E-state index contributed by atoms with van der Waals surface area (Å²) < 4.78 is 1.68. The van der Waals surface area contributed by atoms with Gasteiger partial charge in [0.05, 0.1) is 6.34 Å². The van der Waals surface area contributed by atoms with Crippen LogP contribution in [0.15, 0.2) is 18.5 Å². The van der Waals surface area contributed by atoms with Crippen LogP contribution in [0.25, 0.3) is 6.08 Å². The first-order valence-electron chi connectivity index (χ1n) is 4.86. The van der Waals surface area contributed by atoms with Gasteiger partial charge in [0, 0.05) is 12.4 Å². The Morgan fingerprint density at radius 3 is 2.71 bits per heavy atom. The Balaban J connectivity index is 2.73. The monoisotopic (exact) mass is 191 g/mol. The van der Waals surface area contributed by atoms with Gasteiger partial charge in [-0.15, -0.1) is 0 Å². The molecule has 0 aliphatic heterocycles. The molecule has 0 spiro atoms. The van der Waals surface area contributed by atoms with Crippen molar-refractivity contribution in [3.8, 4) is 0 Å². The molecule has 1 N–H and O–H groups in total. The lowest BCUT2D eigenvalue weighted by atomic mass is 9.98. The van der Waals surface area contributed by atoms with E-state index in [-0.39, 0.29) is 0 Å². The smallest absolute Gasteiger partial charge is 0.137 e. The molecule has 1 aromatic heterocycles. The minimum absolute atomic E-state index is 0.533. The second-order valence-corrected chi connectivity index (χ2v) is 3.78. The molecule has 0 saturated carbocycles. The molecule has 1 aromatic rings. The molecule has 1 unspecified atom stereocenters. The number of nitrogens with zero attached hydrogens (tertiary/aromatic N) is 2. The van der Waals surface area contributed by atoms with Gasteiger partial charge in [-0.2, -0.15) is 0 Å². The molecule has 1 heterocycles. The van der Waals surface area contributed by atoms with Crippen LogP contribution in [0, 0.1) is 17.2 Å². The number of rotatable bonds is 4. The van der Waals surface area contributed by atoms with Gasteiger partial charge in [0.1, 0.15) is 5.82 Å². The normalized spacial score (nSPS) is 13.7. The molecule has 1 rings (SSSR count). The minimum Gasteiger partial charge on any atom is -0.291 e. The van der Waals surface area contributed by atoms with Gasteiger partial charge in [0.2, 0.25) is 0 Å². The van der Waals surface area contributed by atoms with Gasteiger partial charge < -0.3 is 0 Å². The van der Waals surface area contributed by atoms with E-state index in [9.17, 15) is 0 Å². The summed E-state index contributed by atoms with van der Waals surface area (Å²) in [6.45, 7) is 6.56. The van der Waals surface area contributed by atoms with Crippen molar-refractivity contribution in [3.63, 3.8) is 0 Å². The second kappa shape index (κ2) is 4.74. The molecule has 1 atom stereocenters. The van der Waals surface area contributed by atoms with E-state index in [0.717, 1.165) is 5.82 Å². The van der Waals surface area contributed by atoms with Gasteiger partial charge >= 0.3 is 0 Å². The van der Waals surface area contributed by atoms with Crippen LogP contribution in [-0.4, -0.2) is 15.9 Å². The standard InChI is InChI=1S/C11H17N3/c1-9(2)10(3)4-5-11-13-6-7-14(11)8-12/h4-10,12H,1-3H3/b5-4-,12-8?. The molecule has 0 saturated heterocycles. The van der Waals surface area contributed by atoms with Crippen molar-refractivity contribution in [1.82, 2.24) is 9.55 Å². The van der Waals surface area contributed by atoms with Crippen LogP contribution in [0.1, 0.15) is 26.6 Å². The Labute approximate surface area is 85.0 Å². The van der Waals surface area contributed by atoms with Crippen LogP contribution in [0.3, 0.4) is 0 Å². The van der Waals surface area contributed by atoms with E-state index in [1.165, 1.54) is 6.34 Å². The average molecular weight is 191 g/mol. The van der Waals surface area contributed by atoms with Gasteiger partial charge in [-0.25, -0.2) is 4.98 Å². The largest absolute Gasteiger partial charge is 0.291 e. The molecular formula is C11H17N3. The zero-order valence-electron chi connectivity index (χ0n) is 8.94. The molecule has 0 fully saturated rings. The summed E-state index contributed by atoms with van der Waals surface area (Å²) in [7, 11) is 0. The third-order valence-corrected chi connectivity index (χ3v) is 2.44. The highest BCUT2D eigenvalue weighted by molar-refractivity contribution is 5.60. The molecule has 0 aromatic carbocycles. The first-order valence-corrected chi connectivity index (χ1v) is 4.86. The van der Waals surface area contributed by atoms with Crippen molar-refractivity contribution in [2.45, 2.75) is 20.8 Å². The highest BCUT2D eigenvalue weighted by atomic mass is 15.1. The van der Waals surface area contributed by atoms with Crippen molar-refractivity contribution in [2.75, 3.05) is 0 Å². The summed E-state index contributed by atoms with van der Waals surface area (Å²) in [5.74, 6) is 1.98. The van der Waals surface area contributed by atoms with Crippen molar-refractivity contribution in [3.05, 3.63) is 24.3 Å². The number of imidazole rings is 1. The maximum absolute atomic E-state index is 7.14. The molecule has 3 nitrogen and oxygen atoms in total. The quantitative estimate of drug-likeness (QED) is 0.577. The first-order chi connectivity index (χ1) is 6.65. The molecule has 0 aliphatic rings. The molecule has 0 radical (unpaired) electrons. The Morgan fingerprint density at radius 1 is 1.43 bits per heavy atom. The summed E-state index contributed by atoms with van der Waals surface area (Å²) in [6, 6.07) is 0. The van der Waals surface area contributed by atoms with Crippen molar-refractivity contribution in [1.29, 1.82) is 5.41 Å². The Bertz CT molecular complexity index is 323. The van der Waals surface area contributed by atoms with Crippen LogP contribution in [0.4, 0.5) is 0 Å². The lowest BCUT2D eigenvalue weighted by molar-refractivity contribution is 0.506. The molecule has 0 aliphatic carbocycles. The second-order valence-electron chi connectivity index (χ2n) is 3.78. The predicted molar refractivity (Wildman–Crippen MR) is 59.4 cm³/mol. The predicted octanol–water partition coefficient (Wildman–Crippen LogP) is 2.64. The third kappa shape index (κ3) is 2.55. The fraction of sp³-hybridized carbons (Fsp3) is 0.455. The molecule has 0 amide bonds. The van der Waals surface area contributed by atoms with Gasteiger partial charge in [-0.3, -0.25) is 9.98 Å². The molecule has 0 bridgehead atoms. The van der Waals surface area contributed by atoms with E-state index in [4.69, 9.17) is 5.41 Å². The lowest BCUT2D eigenvalue weighted by Gasteiger charge is -2.09. The summed E-state index contributed by atoms with van der Waals surface area (Å²) >= 11 is 0. The van der Waals surface area contributed by atoms with Gasteiger partial charge in [-0.1, -0.05) is 26.8 Å². The number of hydrogen-bond acceptors (Lipinski definition) is 2. The van der Waals surface area contributed by atoms with Crippen molar-refractivity contribution < 1.29 is 0 Å². The molecule has 14 heavy (non-hydrogen) atoms. The van der Waals surface area contributed by atoms with E-state index < -0.39 is 0 Å². The van der Waals surface area contributed by atoms with Crippen LogP contribution < -0.4 is 0 Å². The summed E-state index contributed by atoms with van der Waals surface area (Å²) in [5, 5.41) is 7.14. The zero-order chi connectivity index (χ0) is 10.6. The van der Waals surface area contributed by atoms with E-state index >= 15 is 0 Å². The number of aromatic nitrogens is 2. The maximum Gasteiger partial charge on any atom is 0.137 e. The molecular weight excluding hydrogens is 174 g/mol. The number of nitrogens with one attached hydrogen (secondary N) is 1.